The van der Waals surface area contributed by atoms with Gasteiger partial charge >= 0.3 is 0 Å². The molecule has 3 nitrogen and oxygen atoms in total. The Morgan fingerprint density at radius 1 is 1.38 bits per heavy atom. The predicted octanol–water partition coefficient (Wildman–Crippen LogP) is 2.21. The van der Waals surface area contributed by atoms with Crippen LogP contribution in [0.4, 0.5) is 5.69 Å². The Morgan fingerprint density at radius 2 is 2.00 bits per heavy atom. The lowest BCUT2D eigenvalue weighted by Gasteiger charge is -2.06. The van der Waals surface area contributed by atoms with E-state index >= 15 is 0 Å². The maximum atomic E-state index is 11.2. The third-order valence-electron chi connectivity index (χ3n) is 1.52. The monoisotopic (exact) mass is 263 g/mol. The van der Waals surface area contributed by atoms with Gasteiger partial charge in [-0.15, -0.1) is 0 Å². The molecule has 0 aliphatic heterocycles. The van der Waals surface area contributed by atoms with Crippen LogP contribution in [0.1, 0.15) is 6.92 Å². The van der Waals surface area contributed by atoms with Crippen molar-refractivity contribution in [3.63, 3.8) is 0 Å². The summed E-state index contributed by atoms with van der Waals surface area (Å²) in [6.07, 6.45) is 0. The molecule has 0 radical (unpaired) electrons. The minimum atomic E-state index is -3.18. The zero-order valence-electron chi connectivity index (χ0n) is 7.12. The molecule has 13 heavy (non-hydrogen) atoms. The van der Waals surface area contributed by atoms with Crippen LogP contribution in [0.25, 0.3) is 0 Å². The van der Waals surface area contributed by atoms with Crippen LogP contribution in [-0.4, -0.2) is 14.2 Å². The van der Waals surface area contributed by atoms with E-state index in [9.17, 15) is 8.42 Å². The summed E-state index contributed by atoms with van der Waals surface area (Å²) in [6.45, 7) is 1.60. The van der Waals surface area contributed by atoms with E-state index in [1.54, 1.807) is 25.1 Å². The molecule has 0 fully saturated rings. The van der Waals surface area contributed by atoms with Crippen LogP contribution in [0.2, 0.25) is 0 Å². The number of hydrogen-bond donors (Lipinski definition) is 1. The van der Waals surface area contributed by atoms with Gasteiger partial charge < -0.3 is 0 Å². The summed E-state index contributed by atoms with van der Waals surface area (Å²) in [5, 5.41) is 0. The summed E-state index contributed by atoms with van der Waals surface area (Å²) in [5.41, 5.74) is 0.573. The maximum Gasteiger partial charge on any atom is 0.232 e. The minimum absolute atomic E-state index is 0.0777. The number of rotatable bonds is 3. The van der Waals surface area contributed by atoms with Crippen molar-refractivity contribution in [2.75, 3.05) is 10.5 Å². The molecule has 0 aliphatic carbocycles. The van der Waals surface area contributed by atoms with Crippen molar-refractivity contribution in [1.82, 2.24) is 0 Å². The molecule has 0 atom stereocenters. The van der Waals surface area contributed by atoms with Crippen LogP contribution < -0.4 is 4.72 Å². The Labute approximate surface area is 86.3 Å². The Bertz CT molecular complexity index is 389. The third kappa shape index (κ3) is 3.00. The Balaban J connectivity index is 2.93. The number of para-hydroxylation sites is 1. The van der Waals surface area contributed by atoms with Crippen LogP contribution >= 0.6 is 15.9 Å². The fourth-order valence-electron chi connectivity index (χ4n) is 0.784. The van der Waals surface area contributed by atoms with Crippen molar-refractivity contribution >= 4 is 31.6 Å². The van der Waals surface area contributed by atoms with Crippen molar-refractivity contribution in [3.05, 3.63) is 28.7 Å². The zero-order chi connectivity index (χ0) is 9.90. The van der Waals surface area contributed by atoms with Crippen LogP contribution in [0.5, 0.6) is 0 Å². The molecule has 1 aromatic rings. The molecule has 0 saturated heterocycles. The van der Waals surface area contributed by atoms with Gasteiger partial charge in [0.15, 0.2) is 0 Å². The van der Waals surface area contributed by atoms with Crippen molar-refractivity contribution in [3.8, 4) is 0 Å². The lowest BCUT2D eigenvalue weighted by Crippen LogP contribution is -2.14. The minimum Gasteiger partial charge on any atom is -0.282 e. The lowest BCUT2D eigenvalue weighted by molar-refractivity contribution is 0.602. The van der Waals surface area contributed by atoms with E-state index < -0.39 is 10.0 Å². The molecule has 72 valence electrons. The molecule has 1 aromatic carbocycles. The van der Waals surface area contributed by atoms with Gasteiger partial charge in [-0.1, -0.05) is 12.1 Å². The second-order valence-electron chi connectivity index (χ2n) is 2.49. The summed E-state index contributed by atoms with van der Waals surface area (Å²) in [7, 11) is -3.18. The quantitative estimate of drug-likeness (QED) is 0.909. The number of benzene rings is 1. The van der Waals surface area contributed by atoms with Gasteiger partial charge in [-0.2, -0.15) is 0 Å². The van der Waals surface area contributed by atoms with E-state index in [0.717, 1.165) is 4.47 Å². The van der Waals surface area contributed by atoms with Crippen molar-refractivity contribution in [1.29, 1.82) is 0 Å². The number of anilines is 1. The van der Waals surface area contributed by atoms with Gasteiger partial charge in [-0.25, -0.2) is 8.42 Å². The molecule has 0 heterocycles. The van der Waals surface area contributed by atoms with E-state index in [4.69, 9.17) is 0 Å². The Hall–Kier alpha value is -0.550. The first kappa shape index (κ1) is 10.5. The second kappa shape index (κ2) is 4.11. The fraction of sp³-hybridized carbons (Fsp3) is 0.250. The van der Waals surface area contributed by atoms with Crippen LogP contribution in [-0.2, 0) is 10.0 Å². The molecule has 0 bridgehead atoms. The normalized spacial score (nSPS) is 11.2. The summed E-state index contributed by atoms with van der Waals surface area (Å²) < 4.78 is 25.6. The largest absolute Gasteiger partial charge is 0.282 e. The molecular formula is C8H10BrNO2S. The molecule has 0 unspecified atom stereocenters. The highest BCUT2D eigenvalue weighted by atomic mass is 79.9. The van der Waals surface area contributed by atoms with E-state index in [-0.39, 0.29) is 5.75 Å². The third-order valence-corrected chi connectivity index (χ3v) is 3.50. The average Bonchev–Trinajstić information content (AvgIpc) is 2.09. The molecular weight excluding hydrogens is 254 g/mol. The number of sulfonamides is 1. The van der Waals surface area contributed by atoms with Gasteiger partial charge in [-0.05, 0) is 35.0 Å². The lowest BCUT2D eigenvalue weighted by atomic mass is 10.3. The van der Waals surface area contributed by atoms with E-state index in [2.05, 4.69) is 20.7 Å². The fourth-order valence-corrected chi connectivity index (χ4v) is 1.96. The molecule has 1 rings (SSSR count). The number of hydrogen-bond acceptors (Lipinski definition) is 2. The van der Waals surface area contributed by atoms with Gasteiger partial charge in [0.2, 0.25) is 10.0 Å². The second-order valence-corrected chi connectivity index (χ2v) is 5.35. The topological polar surface area (TPSA) is 46.2 Å². The number of nitrogens with one attached hydrogen (secondary N) is 1. The first-order chi connectivity index (χ1) is 6.05. The van der Waals surface area contributed by atoms with E-state index in [0.29, 0.717) is 5.69 Å². The van der Waals surface area contributed by atoms with E-state index in [1.165, 1.54) is 0 Å². The summed E-state index contributed by atoms with van der Waals surface area (Å²) in [5.74, 6) is 0.0777. The first-order valence-corrected chi connectivity index (χ1v) is 6.24. The highest BCUT2D eigenvalue weighted by Gasteiger charge is 2.07. The SMILES string of the molecule is CCS(=O)(=O)Nc1ccccc1Br. The molecule has 0 aliphatic rings. The van der Waals surface area contributed by atoms with Gasteiger partial charge in [-0.3, -0.25) is 4.72 Å². The average molecular weight is 264 g/mol. The maximum absolute atomic E-state index is 11.2. The molecule has 0 amide bonds. The van der Waals surface area contributed by atoms with Crippen molar-refractivity contribution < 1.29 is 8.42 Å². The van der Waals surface area contributed by atoms with Gasteiger partial charge in [0.05, 0.1) is 11.4 Å². The summed E-state index contributed by atoms with van der Waals surface area (Å²) >= 11 is 3.25. The van der Waals surface area contributed by atoms with Crippen LogP contribution in [0.3, 0.4) is 0 Å². The van der Waals surface area contributed by atoms with Crippen molar-refractivity contribution in [2.24, 2.45) is 0 Å². The standard InChI is InChI=1S/C8H10BrNO2S/c1-2-13(11,12)10-8-6-4-3-5-7(8)9/h3-6,10H,2H2,1H3. The van der Waals surface area contributed by atoms with Gasteiger partial charge in [0.1, 0.15) is 0 Å². The van der Waals surface area contributed by atoms with Crippen LogP contribution in [0.15, 0.2) is 28.7 Å². The predicted molar refractivity (Wildman–Crippen MR) is 57.2 cm³/mol. The van der Waals surface area contributed by atoms with Crippen molar-refractivity contribution in [2.45, 2.75) is 6.92 Å². The smallest absolute Gasteiger partial charge is 0.232 e. The summed E-state index contributed by atoms with van der Waals surface area (Å²) in [4.78, 5) is 0. The molecule has 5 heteroatoms. The summed E-state index contributed by atoms with van der Waals surface area (Å²) in [6, 6.07) is 7.09. The molecule has 1 N–H and O–H groups in total. The van der Waals surface area contributed by atoms with E-state index in [1.807, 2.05) is 6.07 Å². The van der Waals surface area contributed by atoms with Gasteiger partial charge in [0.25, 0.3) is 0 Å². The molecule has 0 spiro atoms. The molecule has 0 aromatic heterocycles. The van der Waals surface area contributed by atoms with Crippen LogP contribution in [0, 0.1) is 0 Å². The zero-order valence-corrected chi connectivity index (χ0v) is 9.52. The molecule has 0 saturated carbocycles. The highest BCUT2D eigenvalue weighted by Crippen LogP contribution is 2.22. The van der Waals surface area contributed by atoms with Gasteiger partial charge in [0, 0.05) is 4.47 Å². The Kier molecular flexibility index (Phi) is 3.33. The number of halogens is 1. The highest BCUT2D eigenvalue weighted by molar-refractivity contribution is 9.10. The Morgan fingerprint density at radius 3 is 2.54 bits per heavy atom. The first-order valence-electron chi connectivity index (χ1n) is 3.80.